The third-order valence-electron chi connectivity index (χ3n) is 3.08. The zero-order chi connectivity index (χ0) is 13.8. The van der Waals surface area contributed by atoms with Gasteiger partial charge in [0.15, 0.2) is 0 Å². The normalized spacial score (nSPS) is 12.4. The van der Waals surface area contributed by atoms with Gasteiger partial charge in [0.2, 0.25) is 0 Å². The highest BCUT2D eigenvalue weighted by molar-refractivity contribution is 9.10. The van der Waals surface area contributed by atoms with Gasteiger partial charge in [-0.2, -0.15) is 0 Å². The molecule has 1 atom stereocenters. The van der Waals surface area contributed by atoms with E-state index >= 15 is 0 Å². The summed E-state index contributed by atoms with van der Waals surface area (Å²) in [4.78, 5) is 4.24. The number of aryl methyl sites for hydroxylation is 1. The van der Waals surface area contributed by atoms with Gasteiger partial charge in [0.05, 0.1) is 11.1 Å². The van der Waals surface area contributed by atoms with Crippen molar-refractivity contribution in [3.8, 4) is 0 Å². The standard InChI is InChI=1S/C15H16BrClN2/c1-3-19-15(12-9-18-7-6-10(12)2)11-4-5-14(17)13(16)8-11/h4-9,15,19H,3H2,1-2H3. The van der Waals surface area contributed by atoms with Crippen LogP contribution in [-0.4, -0.2) is 11.5 Å². The van der Waals surface area contributed by atoms with E-state index in [2.05, 4.69) is 46.1 Å². The monoisotopic (exact) mass is 338 g/mol. The number of nitrogens with zero attached hydrogens (tertiary/aromatic N) is 1. The van der Waals surface area contributed by atoms with Gasteiger partial charge in [0.25, 0.3) is 0 Å². The molecular weight excluding hydrogens is 324 g/mol. The van der Waals surface area contributed by atoms with Crippen molar-refractivity contribution in [2.75, 3.05) is 6.54 Å². The smallest absolute Gasteiger partial charge is 0.0594 e. The maximum Gasteiger partial charge on any atom is 0.0594 e. The van der Waals surface area contributed by atoms with Crippen LogP contribution in [0.15, 0.2) is 41.1 Å². The maximum atomic E-state index is 6.06. The minimum Gasteiger partial charge on any atom is -0.306 e. The predicted octanol–water partition coefficient (Wildman–Crippen LogP) is 4.50. The summed E-state index contributed by atoms with van der Waals surface area (Å²) in [6, 6.07) is 8.18. The zero-order valence-corrected chi connectivity index (χ0v) is 13.3. The van der Waals surface area contributed by atoms with Crippen molar-refractivity contribution < 1.29 is 0 Å². The van der Waals surface area contributed by atoms with Crippen LogP contribution in [0.25, 0.3) is 0 Å². The molecule has 1 aromatic heterocycles. The Labute approximate surface area is 127 Å². The third-order valence-corrected chi connectivity index (χ3v) is 4.29. The van der Waals surface area contributed by atoms with Crippen molar-refractivity contribution in [3.63, 3.8) is 0 Å². The van der Waals surface area contributed by atoms with E-state index in [4.69, 9.17) is 11.6 Å². The van der Waals surface area contributed by atoms with Crippen LogP contribution >= 0.6 is 27.5 Å². The van der Waals surface area contributed by atoms with Crippen LogP contribution in [0.4, 0.5) is 0 Å². The van der Waals surface area contributed by atoms with E-state index in [0.29, 0.717) is 0 Å². The molecule has 0 aliphatic carbocycles. The van der Waals surface area contributed by atoms with Gasteiger partial charge in [-0.1, -0.05) is 24.6 Å². The molecule has 0 spiro atoms. The van der Waals surface area contributed by atoms with E-state index in [1.807, 2.05) is 30.6 Å². The Balaban J connectivity index is 2.45. The number of halogens is 2. The summed E-state index contributed by atoms with van der Waals surface area (Å²) in [7, 11) is 0. The second-order valence-corrected chi connectivity index (χ2v) is 5.66. The summed E-state index contributed by atoms with van der Waals surface area (Å²) >= 11 is 9.54. The number of hydrogen-bond acceptors (Lipinski definition) is 2. The topological polar surface area (TPSA) is 24.9 Å². The summed E-state index contributed by atoms with van der Waals surface area (Å²) < 4.78 is 0.913. The van der Waals surface area contributed by atoms with Crippen LogP contribution < -0.4 is 5.32 Å². The van der Waals surface area contributed by atoms with Crippen LogP contribution in [0.5, 0.6) is 0 Å². The fourth-order valence-corrected chi connectivity index (χ4v) is 2.60. The highest BCUT2D eigenvalue weighted by atomic mass is 79.9. The van der Waals surface area contributed by atoms with Gasteiger partial charge in [0.1, 0.15) is 0 Å². The van der Waals surface area contributed by atoms with Crippen LogP contribution in [0.3, 0.4) is 0 Å². The molecular formula is C15H16BrClN2. The number of pyridine rings is 1. The number of aromatic nitrogens is 1. The molecule has 0 bridgehead atoms. The molecule has 1 unspecified atom stereocenters. The molecule has 2 rings (SSSR count). The van der Waals surface area contributed by atoms with Crippen molar-refractivity contribution >= 4 is 27.5 Å². The third kappa shape index (κ3) is 3.35. The van der Waals surface area contributed by atoms with E-state index in [1.54, 1.807) is 0 Å². The molecule has 0 aliphatic heterocycles. The number of hydrogen-bond donors (Lipinski definition) is 1. The fraction of sp³-hybridized carbons (Fsp3) is 0.267. The minimum absolute atomic E-state index is 0.132. The van der Waals surface area contributed by atoms with Crippen LogP contribution in [0.1, 0.15) is 29.7 Å². The molecule has 2 nitrogen and oxygen atoms in total. The molecule has 19 heavy (non-hydrogen) atoms. The lowest BCUT2D eigenvalue weighted by atomic mass is 9.97. The number of nitrogens with one attached hydrogen (secondary N) is 1. The second-order valence-electron chi connectivity index (χ2n) is 4.40. The van der Waals surface area contributed by atoms with Gasteiger partial charge in [-0.3, -0.25) is 4.98 Å². The molecule has 1 aromatic carbocycles. The molecule has 4 heteroatoms. The maximum absolute atomic E-state index is 6.06. The van der Waals surface area contributed by atoms with E-state index < -0.39 is 0 Å². The quantitative estimate of drug-likeness (QED) is 0.887. The van der Waals surface area contributed by atoms with Crippen molar-refractivity contribution in [2.24, 2.45) is 0 Å². The largest absolute Gasteiger partial charge is 0.306 e. The lowest BCUT2D eigenvalue weighted by molar-refractivity contribution is 0.625. The SMILES string of the molecule is CCNC(c1ccc(Cl)c(Br)c1)c1cnccc1C. The van der Waals surface area contributed by atoms with Gasteiger partial charge in [-0.05, 0) is 64.3 Å². The average molecular weight is 340 g/mol. The Morgan fingerprint density at radius 3 is 2.79 bits per heavy atom. The number of rotatable bonds is 4. The Bertz CT molecular complexity index is 572. The van der Waals surface area contributed by atoms with Gasteiger partial charge in [-0.25, -0.2) is 0 Å². The Morgan fingerprint density at radius 1 is 1.37 bits per heavy atom. The Morgan fingerprint density at radius 2 is 2.16 bits per heavy atom. The summed E-state index contributed by atoms with van der Waals surface area (Å²) in [5, 5.41) is 4.22. The van der Waals surface area contributed by atoms with E-state index in [1.165, 1.54) is 16.7 Å². The fourth-order valence-electron chi connectivity index (χ4n) is 2.08. The first-order valence-electron chi connectivity index (χ1n) is 6.22. The first kappa shape index (κ1) is 14.5. The lowest BCUT2D eigenvalue weighted by Crippen LogP contribution is -2.23. The van der Waals surface area contributed by atoms with E-state index in [-0.39, 0.29) is 6.04 Å². The lowest BCUT2D eigenvalue weighted by Gasteiger charge is -2.21. The van der Waals surface area contributed by atoms with E-state index in [9.17, 15) is 0 Å². The molecule has 0 saturated heterocycles. The first-order valence-corrected chi connectivity index (χ1v) is 7.39. The first-order chi connectivity index (χ1) is 9.13. The molecule has 0 radical (unpaired) electrons. The van der Waals surface area contributed by atoms with Crippen LogP contribution in [0.2, 0.25) is 5.02 Å². The summed E-state index contributed by atoms with van der Waals surface area (Å²) in [6.07, 6.45) is 3.74. The molecule has 1 N–H and O–H groups in total. The van der Waals surface area contributed by atoms with Gasteiger partial charge in [-0.15, -0.1) is 0 Å². The summed E-state index contributed by atoms with van der Waals surface area (Å²) in [6.45, 7) is 5.09. The summed E-state index contributed by atoms with van der Waals surface area (Å²) in [5.41, 5.74) is 3.60. The molecule has 1 heterocycles. The molecule has 2 aromatic rings. The van der Waals surface area contributed by atoms with E-state index in [0.717, 1.165) is 16.0 Å². The highest BCUT2D eigenvalue weighted by Gasteiger charge is 2.16. The molecule has 0 fully saturated rings. The predicted molar refractivity (Wildman–Crippen MR) is 83.6 cm³/mol. The zero-order valence-electron chi connectivity index (χ0n) is 11.0. The van der Waals surface area contributed by atoms with Crippen molar-refractivity contribution in [1.82, 2.24) is 10.3 Å². The molecule has 100 valence electrons. The Kier molecular flexibility index (Phi) is 4.97. The van der Waals surface area contributed by atoms with Crippen LogP contribution in [-0.2, 0) is 0 Å². The second kappa shape index (κ2) is 6.51. The molecule has 0 saturated carbocycles. The van der Waals surface area contributed by atoms with Gasteiger partial charge < -0.3 is 5.32 Å². The molecule has 0 amide bonds. The summed E-state index contributed by atoms with van der Waals surface area (Å²) in [5.74, 6) is 0. The van der Waals surface area contributed by atoms with Crippen molar-refractivity contribution in [2.45, 2.75) is 19.9 Å². The van der Waals surface area contributed by atoms with Gasteiger partial charge in [0, 0.05) is 16.9 Å². The van der Waals surface area contributed by atoms with Crippen molar-refractivity contribution in [3.05, 3.63) is 62.8 Å². The highest BCUT2D eigenvalue weighted by Crippen LogP contribution is 2.30. The number of benzene rings is 1. The van der Waals surface area contributed by atoms with Gasteiger partial charge >= 0.3 is 0 Å². The molecule has 0 aliphatic rings. The van der Waals surface area contributed by atoms with Crippen molar-refractivity contribution in [1.29, 1.82) is 0 Å². The average Bonchev–Trinajstić information content (AvgIpc) is 2.40. The van der Waals surface area contributed by atoms with Crippen LogP contribution in [0, 0.1) is 6.92 Å². The minimum atomic E-state index is 0.132. The Hall–Kier alpha value is -0.900.